The van der Waals surface area contributed by atoms with Gasteiger partial charge in [-0.15, -0.1) is 6.58 Å². The number of aliphatic hydroxyl groups excluding tert-OH is 1. The molecule has 1 atom stereocenters. The molecule has 1 aliphatic rings. The highest BCUT2D eigenvalue weighted by Gasteiger charge is 2.38. The zero-order chi connectivity index (χ0) is 13.7. The van der Waals surface area contributed by atoms with E-state index in [1.54, 1.807) is 17.9 Å². The lowest BCUT2D eigenvalue weighted by atomic mass is 9.87. The van der Waals surface area contributed by atoms with Crippen LogP contribution in [0.3, 0.4) is 0 Å². The highest BCUT2D eigenvalue weighted by atomic mass is 16.4. The molecule has 6 heteroatoms. The van der Waals surface area contributed by atoms with Gasteiger partial charge in [0, 0.05) is 32.1 Å². The number of amides is 2. The fraction of sp³-hybridized carbons (Fsp3) is 0.667. The number of rotatable bonds is 6. The summed E-state index contributed by atoms with van der Waals surface area (Å²) in [5.74, 6) is -1.24. The summed E-state index contributed by atoms with van der Waals surface area (Å²) in [4.78, 5) is 25.9. The van der Waals surface area contributed by atoms with Crippen LogP contribution in [0.15, 0.2) is 12.7 Å². The summed E-state index contributed by atoms with van der Waals surface area (Å²) in [7, 11) is 0. The van der Waals surface area contributed by atoms with E-state index in [0.29, 0.717) is 19.6 Å². The van der Waals surface area contributed by atoms with Gasteiger partial charge in [0.1, 0.15) is 0 Å². The molecule has 1 aliphatic heterocycles. The second-order valence-corrected chi connectivity index (χ2v) is 4.53. The van der Waals surface area contributed by atoms with E-state index in [4.69, 9.17) is 10.2 Å². The Morgan fingerprint density at radius 1 is 1.56 bits per heavy atom. The van der Waals surface area contributed by atoms with Crippen molar-refractivity contribution in [3.05, 3.63) is 12.7 Å². The third kappa shape index (κ3) is 3.22. The van der Waals surface area contributed by atoms with Gasteiger partial charge in [-0.1, -0.05) is 13.0 Å². The van der Waals surface area contributed by atoms with E-state index in [2.05, 4.69) is 6.58 Å². The van der Waals surface area contributed by atoms with Crippen molar-refractivity contribution in [3.8, 4) is 0 Å². The average Bonchev–Trinajstić information content (AvgIpc) is 2.26. The van der Waals surface area contributed by atoms with E-state index in [1.165, 1.54) is 4.90 Å². The number of hydrogen-bond acceptors (Lipinski definition) is 3. The number of carbonyl (C=O) groups is 2. The summed E-state index contributed by atoms with van der Waals surface area (Å²) in [6.45, 7) is 6.70. The Labute approximate surface area is 106 Å². The first kappa shape index (κ1) is 14.5. The molecule has 0 aliphatic carbocycles. The third-order valence-corrected chi connectivity index (χ3v) is 3.27. The molecule has 0 radical (unpaired) electrons. The largest absolute Gasteiger partial charge is 0.481 e. The molecular weight excluding hydrogens is 236 g/mol. The summed E-state index contributed by atoms with van der Waals surface area (Å²) in [6, 6.07) is -0.169. The van der Waals surface area contributed by atoms with Crippen molar-refractivity contribution in [2.75, 3.05) is 32.8 Å². The van der Waals surface area contributed by atoms with Crippen molar-refractivity contribution < 1.29 is 19.8 Å². The summed E-state index contributed by atoms with van der Waals surface area (Å²) in [5, 5.41) is 17.7. The molecule has 1 unspecified atom stereocenters. The first-order valence-electron chi connectivity index (χ1n) is 5.99. The molecule has 0 spiro atoms. The minimum atomic E-state index is -0.828. The molecule has 102 valence electrons. The molecular formula is C12H20N2O4. The van der Waals surface area contributed by atoms with Crippen molar-refractivity contribution in [2.45, 2.75) is 6.92 Å². The molecule has 0 saturated carbocycles. The van der Waals surface area contributed by atoms with Crippen molar-refractivity contribution in [3.63, 3.8) is 0 Å². The van der Waals surface area contributed by atoms with Crippen LogP contribution in [0.2, 0.25) is 0 Å². The molecule has 0 aromatic rings. The number of carboxylic acid groups (broad SMARTS) is 1. The van der Waals surface area contributed by atoms with Crippen LogP contribution in [0.5, 0.6) is 0 Å². The van der Waals surface area contributed by atoms with Crippen LogP contribution in [0, 0.1) is 11.8 Å². The van der Waals surface area contributed by atoms with E-state index in [0.717, 1.165) is 0 Å². The summed E-state index contributed by atoms with van der Waals surface area (Å²) < 4.78 is 0. The molecule has 0 aromatic carbocycles. The van der Waals surface area contributed by atoms with Crippen LogP contribution >= 0.6 is 0 Å². The highest BCUT2D eigenvalue weighted by Crippen LogP contribution is 2.25. The highest BCUT2D eigenvalue weighted by molar-refractivity contribution is 5.76. The summed E-state index contributed by atoms with van der Waals surface area (Å²) in [6.07, 6.45) is 1.60. The standard InChI is InChI=1S/C12H20N2O4/c1-3-4-13(5-6-15)12(18)14-7-10(8-14)9(2)11(16)17/h3,9-10,15H,1,4-8H2,2H3,(H,16,17). The lowest BCUT2D eigenvalue weighted by molar-refractivity contribution is -0.144. The second-order valence-electron chi connectivity index (χ2n) is 4.53. The zero-order valence-corrected chi connectivity index (χ0v) is 10.6. The number of likely N-dealkylation sites (tertiary alicyclic amines) is 1. The van der Waals surface area contributed by atoms with Crippen LogP contribution < -0.4 is 0 Å². The maximum absolute atomic E-state index is 12.0. The van der Waals surface area contributed by atoms with Crippen LogP contribution in [0.1, 0.15) is 6.92 Å². The van der Waals surface area contributed by atoms with Crippen molar-refractivity contribution in [1.29, 1.82) is 0 Å². The smallest absolute Gasteiger partial charge is 0.320 e. The number of carboxylic acids is 1. The Hall–Kier alpha value is -1.56. The minimum Gasteiger partial charge on any atom is -0.481 e. The second kappa shape index (κ2) is 6.39. The fourth-order valence-corrected chi connectivity index (χ4v) is 1.93. The predicted molar refractivity (Wildman–Crippen MR) is 66.1 cm³/mol. The van der Waals surface area contributed by atoms with Crippen molar-refractivity contribution >= 4 is 12.0 Å². The monoisotopic (exact) mass is 256 g/mol. The summed E-state index contributed by atoms with van der Waals surface area (Å²) >= 11 is 0. The summed E-state index contributed by atoms with van der Waals surface area (Å²) in [5.41, 5.74) is 0. The van der Waals surface area contributed by atoms with E-state index < -0.39 is 11.9 Å². The van der Waals surface area contributed by atoms with Gasteiger partial charge in [-0.05, 0) is 0 Å². The minimum absolute atomic E-state index is 0.0196. The molecule has 18 heavy (non-hydrogen) atoms. The number of aliphatic carboxylic acids is 1. The predicted octanol–water partition coefficient (Wildman–Crippen LogP) is 0.239. The molecule has 1 heterocycles. The topological polar surface area (TPSA) is 81.1 Å². The molecule has 1 rings (SSSR count). The Kier molecular flexibility index (Phi) is 5.15. The molecule has 2 N–H and O–H groups in total. The van der Waals surface area contributed by atoms with Gasteiger partial charge >= 0.3 is 12.0 Å². The Morgan fingerprint density at radius 3 is 2.61 bits per heavy atom. The van der Waals surface area contributed by atoms with E-state index >= 15 is 0 Å². The average molecular weight is 256 g/mol. The van der Waals surface area contributed by atoms with Crippen LogP contribution in [0.4, 0.5) is 4.79 Å². The van der Waals surface area contributed by atoms with Crippen LogP contribution in [-0.4, -0.2) is 64.8 Å². The van der Waals surface area contributed by atoms with Crippen LogP contribution in [0.25, 0.3) is 0 Å². The van der Waals surface area contributed by atoms with Gasteiger partial charge in [0.05, 0.1) is 12.5 Å². The zero-order valence-electron chi connectivity index (χ0n) is 10.6. The van der Waals surface area contributed by atoms with Gasteiger partial charge in [-0.25, -0.2) is 4.79 Å². The van der Waals surface area contributed by atoms with Gasteiger partial charge in [0.25, 0.3) is 0 Å². The maximum atomic E-state index is 12.0. The number of urea groups is 1. The van der Waals surface area contributed by atoms with E-state index in [1.807, 2.05) is 0 Å². The van der Waals surface area contributed by atoms with E-state index in [9.17, 15) is 9.59 Å². The first-order chi connectivity index (χ1) is 8.51. The molecule has 0 aromatic heterocycles. The van der Waals surface area contributed by atoms with Crippen molar-refractivity contribution in [2.24, 2.45) is 11.8 Å². The fourth-order valence-electron chi connectivity index (χ4n) is 1.93. The lowest BCUT2D eigenvalue weighted by Gasteiger charge is -2.43. The number of nitrogens with zero attached hydrogens (tertiary/aromatic N) is 2. The first-order valence-corrected chi connectivity index (χ1v) is 5.99. The lowest BCUT2D eigenvalue weighted by Crippen LogP contribution is -2.57. The van der Waals surface area contributed by atoms with Gasteiger partial charge in [0.2, 0.25) is 0 Å². The maximum Gasteiger partial charge on any atom is 0.320 e. The molecule has 1 fully saturated rings. The Bertz CT molecular complexity index is 326. The quantitative estimate of drug-likeness (QED) is 0.667. The van der Waals surface area contributed by atoms with Gasteiger partial charge in [-0.2, -0.15) is 0 Å². The normalized spacial score (nSPS) is 16.9. The van der Waals surface area contributed by atoms with Gasteiger partial charge in [-0.3, -0.25) is 4.79 Å². The molecule has 2 amide bonds. The van der Waals surface area contributed by atoms with Gasteiger partial charge < -0.3 is 20.0 Å². The third-order valence-electron chi connectivity index (χ3n) is 3.27. The Balaban J connectivity index is 2.46. The van der Waals surface area contributed by atoms with E-state index in [-0.39, 0.29) is 25.1 Å². The molecule has 6 nitrogen and oxygen atoms in total. The Morgan fingerprint density at radius 2 is 2.17 bits per heavy atom. The molecule has 0 bridgehead atoms. The number of aliphatic hydroxyl groups is 1. The number of hydrogen-bond donors (Lipinski definition) is 2. The van der Waals surface area contributed by atoms with Gasteiger partial charge in [0.15, 0.2) is 0 Å². The SMILES string of the molecule is C=CCN(CCO)C(=O)N1CC(C(C)C(=O)O)C1. The number of carbonyl (C=O) groups excluding carboxylic acids is 1. The molecule has 1 saturated heterocycles. The van der Waals surface area contributed by atoms with Crippen LogP contribution in [-0.2, 0) is 4.79 Å². The van der Waals surface area contributed by atoms with Crippen molar-refractivity contribution in [1.82, 2.24) is 9.80 Å².